The first-order valence-electron chi connectivity index (χ1n) is 5.55. The summed E-state index contributed by atoms with van der Waals surface area (Å²) in [6, 6.07) is 5.06. The summed E-state index contributed by atoms with van der Waals surface area (Å²) in [5.41, 5.74) is 1.50. The normalized spacial score (nSPS) is 13.5. The zero-order valence-corrected chi connectivity index (χ0v) is 11.1. The second-order valence-electron chi connectivity index (χ2n) is 3.99. The van der Waals surface area contributed by atoms with Gasteiger partial charge < -0.3 is 5.32 Å². The minimum atomic E-state index is -4.40. The van der Waals surface area contributed by atoms with E-state index in [2.05, 4.69) is 15.3 Å². The Kier molecular flexibility index (Phi) is 3.86. The molecule has 0 saturated heterocycles. The fourth-order valence-corrected chi connectivity index (χ4v) is 2.62. The summed E-state index contributed by atoms with van der Waals surface area (Å²) in [5.74, 6) is 0. The number of aryl methyl sites for hydroxylation is 1. The Labute approximate surface area is 112 Å². The van der Waals surface area contributed by atoms with Gasteiger partial charge in [0.2, 0.25) is 0 Å². The van der Waals surface area contributed by atoms with Crippen molar-refractivity contribution in [3.05, 3.63) is 45.7 Å². The standard InChI is InChI=1S/C12H12F3N3S/c1-7-4-3-5-8(18-7)10(16-2)9-6-17-11(19-9)12(13,14)15/h3-6,10,16H,1-2H3. The summed E-state index contributed by atoms with van der Waals surface area (Å²) in [4.78, 5) is 8.25. The van der Waals surface area contributed by atoms with Gasteiger partial charge in [0.05, 0.1) is 11.7 Å². The number of thiazole rings is 1. The number of hydrogen-bond donors (Lipinski definition) is 1. The van der Waals surface area contributed by atoms with Crippen LogP contribution in [0.1, 0.15) is 27.3 Å². The molecule has 0 radical (unpaired) electrons. The average Bonchev–Trinajstić information content (AvgIpc) is 2.79. The van der Waals surface area contributed by atoms with Crippen molar-refractivity contribution in [3.63, 3.8) is 0 Å². The Morgan fingerprint density at radius 2 is 2.05 bits per heavy atom. The lowest BCUT2D eigenvalue weighted by Crippen LogP contribution is -2.18. The van der Waals surface area contributed by atoms with E-state index in [0.29, 0.717) is 21.9 Å². The van der Waals surface area contributed by atoms with Crippen molar-refractivity contribution in [2.45, 2.75) is 19.1 Å². The molecule has 1 N–H and O–H groups in total. The molecular weight excluding hydrogens is 275 g/mol. The highest BCUT2D eigenvalue weighted by atomic mass is 32.1. The van der Waals surface area contributed by atoms with Crippen LogP contribution in [-0.2, 0) is 6.18 Å². The molecule has 0 aliphatic heterocycles. The number of aromatic nitrogens is 2. The SMILES string of the molecule is CNC(c1cccc(C)n1)c1cnc(C(F)(F)F)s1. The van der Waals surface area contributed by atoms with Crippen LogP contribution in [0.3, 0.4) is 0 Å². The van der Waals surface area contributed by atoms with Gasteiger partial charge in [-0.05, 0) is 26.1 Å². The number of halogens is 3. The Morgan fingerprint density at radius 3 is 2.58 bits per heavy atom. The number of pyridine rings is 1. The maximum absolute atomic E-state index is 12.5. The van der Waals surface area contributed by atoms with Gasteiger partial charge in [0.1, 0.15) is 0 Å². The molecule has 1 atom stereocenters. The summed E-state index contributed by atoms with van der Waals surface area (Å²) in [6.45, 7) is 1.84. The maximum Gasteiger partial charge on any atom is 0.443 e. The van der Waals surface area contributed by atoms with Crippen molar-refractivity contribution in [2.75, 3.05) is 7.05 Å². The third-order valence-electron chi connectivity index (χ3n) is 2.54. The van der Waals surface area contributed by atoms with E-state index in [1.807, 2.05) is 19.1 Å². The van der Waals surface area contributed by atoms with E-state index in [0.717, 1.165) is 5.69 Å². The van der Waals surface area contributed by atoms with Crippen LogP contribution in [-0.4, -0.2) is 17.0 Å². The largest absolute Gasteiger partial charge is 0.443 e. The first-order chi connectivity index (χ1) is 8.91. The molecular formula is C12H12F3N3S. The number of rotatable bonds is 3. The van der Waals surface area contributed by atoms with Crippen LogP contribution in [0.5, 0.6) is 0 Å². The lowest BCUT2D eigenvalue weighted by atomic mass is 10.1. The fraction of sp³-hybridized carbons (Fsp3) is 0.333. The quantitative estimate of drug-likeness (QED) is 0.942. The summed E-state index contributed by atoms with van der Waals surface area (Å²) >= 11 is 0.635. The average molecular weight is 287 g/mol. The van der Waals surface area contributed by atoms with Gasteiger partial charge in [-0.1, -0.05) is 6.07 Å². The predicted octanol–water partition coefficient (Wildman–Crippen LogP) is 3.17. The Balaban J connectivity index is 2.35. The second-order valence-corrected chi connectivity index (χ2v) is 5.05. The van der Waals surface area contributed by atoms with E-state index in [-0.39, 0.29) is 6.04 Å². The van der Waals surface area contributed by atoms with Crippen LogP contribution < -0.4 is 5.32 Å². The number of alkyl halides is 3. The molecule has 2 heterocycles. The molecule has 0 aliphatic rings. The molecule has 0 aromatic carbocycles. The van der Waals surface area contributed by atoms with Gasteiger partial charge in [-0.25, -0.2) is 4.98 Å². The lowest BCUT2D eigenvalue weighted by molar-refractivity contribution is -0.137. The highest BCUT2D eigenvalue weighted by Crippen LogP contribution is 2.35. The summed E-state index contributed by atoms with van der Waals surface area (Å²) in [7, 11) is 1.68. The molecule has 0 bridgehead atoms. The molecule has 2 aromatic rings. The third-order valence-corrected chi connectivity index (χ3v) is 3.65. The monoisotopic (exact) mass is 287 g/mol. The Morgan fingerprint density at radius 1 is 1.32 bits per heavy atom. The van der Waals surface area contributed by atoms with Crippen LogP contribution in [0, 0.1) is 6.92 Å². The van der Waals surface area contributed by atoms with E-state index in [1.165, 1.54) is 6.20 Å². The molecule has 7 heteroatoms. The highest BCUT2D eigenvalue weighted by molar-refractivity contribution is 7.11. The Bertz CT molecular complexity index is 565. The van der Waals surface area contributed by atoms with Crippen LogP contribution in [0.2, 0.25) is 0 Å². The highest BCUT2D eigenvalue weighted by Gasteiger charge is 2.35. The molecule has 1 unspecified atom stereocenters. The third kappa shape index (κ3) is 3.10. The van der Waals surface area contributed by atoms with Gasteiger partial charge in [0.15, 0.2) is 5.01 Å². The van der Waals surface area contributed by atoms with E-state index in [9.17, 15) is 13.2 Å². The number of nitrogens with zero attached hydrogens (tertiary/aromatic N) is 2. The van der Waals surface area contributed by atoms with Crippen molar-refractivity contribution in [2.24, 2.45) is 0 Å². The lowest BCUT2D eigenvalue weighted by Gasteiger charge is -2.13. The predicted molar refractivity (Wildman–Crippen MR) is 67.0 cm³/mol. The van der Waals surface area contributed by atoms with Crippen molar-refractivity contribution in [1.82, 2.24) is 15.3 Å². The topological polar surface area (TPSA) is 37.8 Å². The summed E-state index contributed by atoms with van der Waals surface area (Å²) in [6.07, 6.45) is -3.15. The molecule has 0 amide bonds. The fourth-order valence-electron chi connectivity index (χ4n) is 1.71. The molecule has 19 heavy (non-hydrogen) atoms. The van der Waals surface area contributed by atoms with E-state index in [4.69, 9.17) is 0 Å². The first kappa shape index (κ1) is 14.0. The molecule has 0 spiro atoms. The second kappa shape index (κ2) is 5.26. The van der Waals surface area contributed by atoms with E-state index in [1.54, 1.807) is 13.1 Å². The van der Waals surface area contributed by atoms with Gasteiger partial charge in [0, 0.05) is 16.8 Å². The van der Waals surface area contributed by atoms with Gasteiger partial charge in [-0.15, -0.1) is 11.3 Å². The van der Waals surface area contributed by atoms with E-state index < -0.39 is 11.2 Å². The van der Waals surface area contributed by atoms with Crippen molar-refractivity contribution in [1.29, 1.82) is 0 Å². The van der Waals surface area contributed by atoms with Gasteiger partial charge in [0.25, 0.3) is 0 Å². The number of nitrogens with one attached hydrogen (secondary N) is 1. The van der Waals surface area contributed by atoms with Crippen LogP contribution >= 0.6 is 11.3 Å². The summed E-state index contributed by atoms with van der Waals surface area (Å²) in [5, 5.41) is 2.13. The molecule has 102 valence electrons. The molecule has 0 saturated carbocycles. The molecule has 2 rings (SSSR count). The maximum atomic E-state index is 12.5. The zero-order chi connectivity index (χ0) is 14.0. The zero-order valence-electron chi connectivity index (χ0n) is 10.3. The molecule has 3 nitrogen and oxygen atoms in total. The van der Waals surface area contributed by atoms with E-state index >= 15 is 0 Å². The smallest absolute Gasteiger partial charge is 0.307 e. The van der Waals surface area contributed by atoms with Gasteiger partial charge in [-0.2, -0.15) is 13.2 Å². The number of hydrogen-bond acceptors (Lipinski definition) is 4. The van der Waals surface area contributed by atoms with Gasteiger partial charge >= 0.3 is 6.18 Å². The molecule has 0 fully saturated rings. The molecule has 0 aliphatic carbocycles. The van der Waals surface area contributed by atoms with Crippen molar-refractivity contribution >= 4 is 11.3 Å². The Hall–Kier alpha value is -1.47. The van der Waals surface area contributed by atoms with Gasteiger partial charge in [-0.3, -0.25) is 4.98 Å². The minimum absolute atomic E-state index is 0.381. The van der Waals surface area contributed by atoms with Crippen molar-refractivity contribution < 1.29 is 13.2 Å². The van der Waals surface area contributed by atoms with Crippen LogP contribution in [0.25, 0.3) is 0 Å². The first-order valence-corrected chi connectivity index (χ1v) is 6.37. The minimum Gasteiger partial charge on any atom is -0.307 e. The van der Waals surface area contributed by atoms with Crippen LogP contribution in [0.15, 0.2) is 24.4 Å². The van der Waals surface area contributed by atoms with Crippen molar-refractivity contribution in [3.8, 4) is 0 Å². The van der Waals surface area contributed by atoms with Crippen LogP contribution in [0.4, 0.5) is 13.2 Å². The molecule has 2 aromatic heterocycles. The summed E-state index contributed by atoms with van der Waals surface area (Å²) < 4.78 is 37.6.